The Morgan fingerprint density at radius 2 is 1.96 bits per heavy atom. The lowest BCUT2D eigenvalue weighted by Crippen LogP contribution is -2.08. The van der Waals surface area contributed by atoms with Crippen LogP contribution in [0, 0.1) is 0 Å². The number of ether oxygens (including phenoxy) is 1. The second-order valence-electron chi connectivity index (χ2n) is 5.58. The molecule has 0 aliphatic rings. The van der Waals surface area contributed by atoms with Gasteiger partial charge in [0.25, 0.3) is 5.91 Å². The number of carbonyl (C=O) groups is 1. The van der Waals surface area contributed by atoms with E-state index >= 15 is 0 Å². The molecule has 25 heavy (non-hydrogen) atoms. The molecule has 124 valence electrons. The molecule has 1 aromatic carbocycles. The SMILES string of the molecule is COc1cc(-c2ccccc2)cn2ncc(-c3csc(C(N)=O)c3)c12. The van der Waals surface area contributed by atoms with Gasteiger partial charge in [0.1, 0.15) is 11.3 Å². The van der Waals surface area contributed by atoms with Crippen LogP contribution in [0.1, 0.15) is 9.67 Å². The molecule has 0 spiro atoms. The zero-order valence-corrected chi connectivity index (χ0v) is 14.3. The van der Waals surface area contributed by atoms with Gasteiger partial charge in [-0.3, -0.25) is 4.79 Å². The molecule has 0 radical (unpaired) electrons. The van der Waals surface area contributed by atoms with Gasteiger partial charge in [-0.25, -0.2) is 4.52 Å². The number of hydrogen-bond donors (Lipinski definition) is 1. The summed E-state index contributed by atoms with van der Waals surface area (Å²) in [6, 6.07) is 13.9. The molecular formula is C19H15N3O2S. The van der Waals surface area contributed by atoms with Crippen molar-refractivity contribution in [3.8, 4) is 28.0 Å². The Hall–Kier alpha value is -3.12. The summed E-state index contributed by atoms with van der Waals surface area (Å²) in [6.45, 7) is 0. The highest BCUT2D eigenvalue weighted by atomic mass is 32.1. The lowest BCUT2D eigenvalue weighted by molar-refractivity contribution is 0.100. The van der Waals surface area contributed by atoms with Crippen LogP contribution in [-0.2, 0) is 0 Å². The van der Waals surface area contributed by atoms with E-state index in [0.29, 0.717) is 4.88 Å². The highest BCUT2D eigenvalue weighted by Gasteiger charge is 2.16. The molecule has 6 heteroatoms. The first-order valence-corrected chi connectivity index (χ1v) is 8.55. The minimum absolute atomic E-state index is 0.425. The molecule has 5 nitrogen and oxygen atoms in total. The number of primary amides is 1. The maximum absolute atomic E-state index is 11.4. The lowest BCUT2D eigenvalue weighted by atomic mass is 10.1. The maximum Gasteiger partial charge on any atom is 0.258 e. The van der Waals surface area contributed by atoms with E-state index in [1.54, 1.807) is 23.9 Å². The lowest BCUT2D eigenvalue weighted by Gasteiger charge is -2.09. The zero-order chi connectivity index (χ0) is 17.4. The van der Waals surface area contributed by atoms with Crippen molar-refractivity contribution in [3.63, 3.8) is 0 Å². The summed E-state index contributed by atoms with van der Waals surface area (Å²) in [5.41, 5.74) is 10.1. The average Bonchev–Trinajstić information content (AvgIpc) is 3.28. The number of aromatic nitrogens is 2. The van der Waals surface area contributed by atoms with Gasteiger partial charge in [0.15, 0.2) is 0 Å². The van der Waals surface area contributed by atoms with Crippen molar-refractivity contribution in [3.05, 3.63) is 65.1 Å². The number of nitrogens with zero attached hydrogens (tertiary/aromatic N) is 2. The Labute approximate surface area is 148 Å². The van der Waals surface area contributed by atoms with Crippen molar-refractivity contribution in [2.45, 2.75) is 0 Å². The summed E-state index contributed by atoms with van der Waals surface area (Å²) in [5.74, 6) is 0.298. The molecule has 3 heterocycles. The second kappa shape index (κ2) is 6.07. The molecule has 0 bridgehead atoms. The van der Waals surface area contributed by atoms with Crippen LogP contribution in [0.15, 0.2) is 60.2 Å². The Balaban J connectivity index is 1.89. The Kier molecular flexibility index (Phi) is 3.74. The Morgan fingerprint density at radius 1 is 1.16 bits per heavy atom. The molecule has 0 fully saturated rings. The van der Waals surface area contributed by atoms with E-state index in [1.165, 1.54) is 11.3 Å². The van der Waals surface area contributed by atoms with Gasteiger partial charge in [-0.2, -0.15) is 5.10 Å². The maximum atomic E-state index is 11.4. The molecule has 0 saturated heterocycles. The molecule has 0 aliphatic carbocycles. The number of fused-ring (bicyclic) bond motifs is 1. The number of benzene rings is 1. The first-order valence-electron chi connectivity index (χ1n) is 7.67. The standard InChI is InChI=1S/C19H15N3O2S/c1-24-16-7-13(12-5-3-2-4-6-12)10-22-18(16)15(9-21-22)14-8-17(19(20)23)25-11-14/h2-11H,1H3,(H2,20,23). The van der Waals surface area contributed by atoms with E-state index in [9.17, 15) is 4.79 Å². The number of rotatable bonds is 4. The fourth-order valence-electron chi connectivity index (χ4n) is 2.85. The fraction of sp³-hybridized carbons (Fsp3) is 0.0526. The van der Waals surface area contributed by atoms with E-state index in [-0.39, 0.29) is 0 Å². The summed E-state index contributed by atoms with van der Waals surface area (Å²) in [4.78, 5) is 11.9. The third-order valence-electron chi connectivity index (χ3n) is 4.06. The van der Waals surface area contributed by atoms with Crippen LogP contribution in [0.25, 0.3) is 27.8 Å². The minimum atomic E-state index is -0.425. The monoisotopic (exact) mass is 349 g/mol. The topological polar surface area (TPSA) is 69.6 Å². The van der Waals surface area contributed by atoms with Crippen LogP contribution < -0.4 is 10.5 Å². The van der Waals surface area contributed by atoms with E-state index in [4.69, 9.17) is 10.5 Å². The van der Waals surface area contributed by atoms with Gasteiger partial charge >= 0.3 is 0 Å². The number of thiophene rings is 1. The number of hydrogen-bond acceptors (Lipinski definition) is 4. The van der Waals surface area contributed by atoms with Crippen LogP contribution in [-0.4, -0.2) is 22.6 Å². The molecule has 4 rings (SSSR count). The van der Waals surface area contributed by atoms with Crippen molar-refractivity contribution in [1.29, 1.82) is 0 Å². The molecule has 0 atom stereocenters. The summed E-state index contributed by atoms with van der Waals surface area (Å²) >= 11 is 1.33. The van der Waals surface area contributed by atoms with Crippen molar-refractivity contribution in [2.75, 3.05) is 7.11 Å². The van der Waals surface area contributed by atoms with Crippen molar-refractivity contribution in [1.82, 2.24) is 9.61 Å². The van der Waals surface area contributed by atoms with Gasteiger partial charge in [0.2, 0.25) is 0 Å². The van der Waals surface area contributed by atoms with Crippen LogP contribution in [0.5, 0.6) is 5.75 Å². The highest BCUT2D eigenvalue weighted by Crippen LogP contribution is 2.36. The van der Waals surface area contributed by atoms with E-state index < -0.39 is 5.91 Å². The molecule has 4 aromatic rings. The van der Waals surface area contributed by atoms with Crippen LogP contribution in [0.2, 0.25) is 0 Å². The van der Waals surface area contributed by atoms with Gasteiger partial charge < -0.3 is 10.5 Å². The number of amides is 1. The Morgan fingerprint density at radius 3 is 2.64 bits per heavy atom. The molecule has 0 unspecified atom stereocenters. The summed E-state index contributed by atoms with van der Waals surface area (Å²) in [6.07, 6.45) is 3.75. The van der Waals surface area contributed by atoms with E-state index in [2.05, 4.69) is 5.10 Å². The molecule has 1 amide bonds. The highest BCUT2D eigenvalue weighted by molar-refractivity contribution is 7.12. The third kappa shape index (κ3) is 2.66. The predicted octanol–water partition coefficient (Wildman–Crippen LogP) is 3.84. The summed E-state index contributed by atoms with van der Waals surface area (Å²) in [5, 5.41) is 6.37. The van der Waals surface area contributed by atoms with Gasteiger partial charge in [0.05, 0.1) is 18.2 Å². The molecule has 0 saturated carbocycles. The smallest absolute Gasteiger partial charge is 0.258 e. The van der Waals surface area contributed by atoms with Gasteiger partial charge in [-0.1, -0.05) is 30.3 Å². The van der Waals surface area contributed by atoms with Crippen molar-refractivity contribution >= 4 is 22.8 Å². The molecule has 2 N–H and O–H groups in total. The predicted molar refractivity (Wildman–Crippen MR) is 99.0 cm³/mol. The number of methoxy groups -OCH3 is 1. The molecule has 3 aromatic heterocycles. The van der Waals surface area contributed by atoms with E-state index in [0.717, 1.165) is 33.5 Å². The normalized spacial score (nSPS) is 10.9. The van der Waals surface area contributed by atoms with Gasteiger partial charge in [0, 0.05) is 17.3 Å². The largest absolute Gasteiger partial charge is 0.494 e. The quantitative estimate of drug-likeness (QED) is 0.608. The van der Waals surface area contributed by atoms with Crippen molar-refractivity contribution in [2.24, 2.45) is 5.73 Å². The third-order valence-corrected chi connectivity index (χ3v) is 5.00. The Bertz CT molecular complexity index is 1070. The second-order valence-corrected chi connectivity index (χ2v) is 6.49. The first-order chi connectivity index (χ1) is 12.2. The van der Waals surface area contributed by atoms with Crippen LogP contribution >= 0.6 is 11.3 Å². The summed E-state index contributed by atoms with van der Waals surface area (Å²) < 4.78 is 7.42. The van der Waals surface area contributed by atoms with Gasteiger partial charge in [-0.05, 0) is 28.6 Å². The average molecular weight is 349 g/mol. The number of pyridine rings is 1. The van der Waals surface area contributed by atoms with E-state index in [1.807, 2.05) is 48.0 Å². The fourth-order valence-corrected chi connectivity index (χ4v) is 3.61. The molecule has 0 aliphatic heterocycles. The first kappa shape index (κ1) is 15.4. The summed E-state index contributed by atoms with van der Waals surface area (Å²) in [7, 11) is 1.64. The number of carbonyl (C=O) groups excluding carboxylic acids is 1. The van der Waals surface area contributed by atoms with Crippen LogP contribution in [0.4, 0.5) is 0 Å². The van der Waals surface area contributed by atoms with Crippen LogP contribution in [0.3, 0.4) is 0 Å². The minimum Gasteiger partial charge on any atom is -0.494 e. The number of nitrogens with two attached hydrogens (primary N) is 1. The van der Waals surface area contributed by atoms with Gasteiger partial charge in [-0.15, -0.1) is 11.3 Å². The van der Waals surface area contributed by atoms with Crippen molar-refractivity contribution < 1.29 is 9.53 Å². The zero-order valence-electron chi connectivity index (χ0n) is 13.5. The molecular weight excluding hydrogens is 334 g/mol.